The van der Waals surface area contributed by atoms with Crippen molar-refractivity contribution >= 4 is 0 Å². The van der Waals surface area contributed by atoms with Crippen molar-refractivity contribution in [1.82, 2.24) is 0 Å². The minimum absolute atomic E-state index is 0.0949. The monoisotopic (exact) mass is 136 g/mol. The summed E-state index contributed by atoms with van der Waals surface area (Å²) in [5, 5.41) is 6.64. The molecule has 0 spiro atoms. The fourth-order valence-corrected chi connectivity index (χ4v) is 0.649. The van der Waals surface area contributed by atoms with E-state index >= 15 is 0 Å². The molecule has 0 bridgehead atoms. The zero-order valence-electron chi connectivity index (χ0n) is 5.06. The van der Waals surface area contributed by atoms with Gasteiger partial charge in [-0.15, -0.1) is 18.9 Å². The van der Waals surface area contributed by atoms with Crippen molar-refractivity contribution in [3.05, 3.63) is 0 Å². The minimum Gasteiger partial charge on any atom is -0.146 e. The summed E-state index contributed by atoms with van der Waals surface area (Å²) in [6.45, 7) is 1.56. The molecule has 0 aromatic carbocycles. The lowest BCUT2D eigenvalue weighted by molar-refractivity contribution is -0.988. The molecule has 0 saturated carbocycles. The van der Waals surface area contributed by atoms with Crippen LogP contribution in [0.4, 0.5) is 8.78 Å². The largest absolute Gasteiger partial charge is 0.411 e. The normalized spacial score (nSPS) is 27.2. The molecule has 1 unspecified atom stereocenters. The summed E-state index contributed by atoms with van der Waals surface area (Å²) in [7, 11) is 0. The van der Waals surface area contributed by atoms with Gasteiger partial charge in [-0.3, -0.25) is 0 Å². The van der Waals surface area contributed by atoms with Gasteiger partial charge in [-0.1, -0.05) is 0 Å². The van der Waals surface area contributed by atoms with E-state index < -0.39 is 6.05 Å². The number of halogens is 2. The fraction of sp³-hybridized carbons (Fsp3) is 1.00. The molecule has 0 saturated heterocycles. The summed E-state index contributed by atoms with van der Waals surface area (Å²) < 4.78 is 24.5. The van der Waals surface area contributed by atoms with E-state index in [9.17, 15) is 8.78 Å². The van der Waals surface area contributed by atoms with Crippen LogP contribution in [-0.4, -0.2) is 19.1 Å². The van der Waals surface area contributed by atoms with Gasteiger partial charge in [-0.25, -0.2) is 0 Å². The van der Waals surface area contributed by atoms with Crippen LogP contribution in [-0.2, 0) is 0 Å². The van der Waals surface area contributed by atoms with Gasteiger partial charge in [0.15, 0.2) is 0 Å². The Morgan fingerprint density at radius 3 is 2.44 bits per heavy atom. The Bertz CT molecular complexity index is 128. The highest BCUT2D eigenvalue weighted by Crippen LogP contribution is 2.01. The molecule has 1 N–H and O–H groups in total. The molecule has 1 atom stereocenters. The number of hydrogen-bond donors (Lipinski definition) is 1. The molecule has 0 aliphatic carbocycles. The van der Waals surface area contributed by atoms with Crippen LogP contribution < -0.4 is 5.01 Å². The van der Waals surface area contributed by atoms with E-state index in [1.54, 1.807) is 0 Å². The van der Waals surface area contributed by atoms with Gasteiger partial charge in [-0.2, -0.15) is 0 Å². The average molecular weight is 136 g/mol. The van der Waals surface area contributed by atoms with Crippen LogP contribution in [0, 0.1) is 0 Å². The van der Waals surface area contributed by atoms with Crippen LogP contribution in [0.15, 0.2) is 10.3 Å². The van der Waals surface area contributed by atoms with Crippen LogP contribution in [0.25, 0.3) is 0 Å². The molecule has 52 valence electrons. The number of alkyl halides is 2. The number of nitrogens with one attached hydrogen (secondary N) is 1. The van der Waals surface area contributed by atoms with Gasteiger partial charge in [0.25, 0.3) is 0 Å². The summed E-state index contributed by atoms with van der Waals surface area (Å²) in [5.74, 6) is 0. The Labute approximate surface area is 51.3 Å². The zero-order chi connectivity index (χ0) is 6.91. The second-order valence-electron chi connectivity index (χ2n) is 2.05. The molecule has 1 aliphatic rings. The van der Waals surface area contributed by atoms with E-state index in [2.05, 4.69) is 10.3 Å². The molecule has 9 heavy (non-hydrogen) atoms. The van der Waals surface area contributed by atoms with E-state index in [0.717, 1.165) is 6.92 Å². The maximum Gasteiger partial charge on any atom is 0.411 e. The fourth-order valence-electron chi connectivity index (χ4n) is 0.649. The van der Waals surface area contributed by atoms with E-state index in [1.165, 1.54) is 0 Å². The van der Waals surface area contributed by atoms with Gasteiger partial charge in [0.1, 0.15) is 13.1 Å². The first-order valence-electron chi connectivity index (χ1n) is 2.72. The lowest BCUT2D eigenvalue weighted by Gasteiger charge is -2.11. The van der Waals surface area contributed by atoms with Crippen LogP contribution in [0.3, 0.4) is 0 Å². The Morgan fingerprint density at radius 2 is 2.22 bits per heavy atom. The molecule has 0 fully saturated rings. The highest BCUT2D eigenvalue weighted by atomic mass is 19.3. The number of rotatable bonds is 1. The van der Waals surface area contributed by atoms with Gasteiger partial charge in [0.2, 0.25) is 0 Å². The number of nitrogens with zero attached hydrogens (tertiary/aromatic N) is 2. The van der Waals surface area contributed by atoms with Crippen molar-refractivity contribution in [2.24, 2.45) is 10.3 Å². The number of quaternary nitrogens is 1. The van der Waals surface area contributed by atoms with Crippen molar-refractivity contribution in [2.45, 2.75) is 13.0 Å². The topological polar surface area (TPSA) is 29.2 Å². The van der Waals surface area contributed by atoms with Crippen molar-refractivity contribution in [1.29, 1.82) is 0 Å². The Balaban J connectivity index is 2.53. The van der Waals surface area contributed by atoms with E-state index in [1.807, 2.05) is 0 Å². The molecular weight excluding hydrogens is 128 g/mol. The molecular formula is C4H8F2N3+. The summed E-state index contributed by atoms with van der Waals surface area (Å²) in [4.78, 5) is 0. The Morgan fingerprint density at radius 1 is 1.56 bits per heavy atom. The molecule has 0 radical (unpaired) electrons. The second-order valence-corrected chi connectivity index (χ2v) is 2.05. The third-order valence-electron chi connectivity index (χ3n) is 1.15. The summed E-state index contributed by atoms with van der Waals surface area (Å²) >= 11 is 0. The first kappa shape index (κ1) is 6.54. The van der Waals surface area contributed by atoms with Gasteiger partial charge >= 0.3 is 6.05 Å². The molecule has 3 nitrogen and oxygen atoms in total. The van der Waals surface area contributed by atoms with E-state index in [-0.39, 0.29) is 5.01 Å². The highest BCUT2D eigenvalue weighted by molar-refractivity contribution is 4.41. The standard InChI is InChI=1S/C4H7F2N3/c1-4(5,6)9-3-2-7-8-9/h2-3H2,1H3/p+1. The third kappa shape index (κ3) is 1.41. The molecule has 0 amide bonds. The predicted molar refractivity (Wildman–Crippen MR) is 26.2 cm³/mol. The van der Waals surface area contributed by atoms with Gasteiger partial charge in [0.05, 0.1) is 6.92 Å². The molecule has 5 heteroatoms. The lowest BCUT2D eigenvalue weighted by Crippen LogP contribution is -3.13. The molecule has 1 heterocycles. The van der Waals surface area contributed by atoms with Crippen molar-refractivity contribution < 1.29 is 13.8 Å². The van der Waals surface area contributed by atoms with Crippen LogP contribution in [0.5, 0.6) is 0 Å². The van der Waals surface area contributed by atoms with E-state index in [4.69, 9.17) is 0 Å². The quantitative estimate of drug-likeness (QED) is 0.486. The van der Waals surface area contributed by atoms with Crippen LogP contribution >= 0.6 is 0 Å². The zero-order valence-corrected chi connectivity index (χ0v) is 5.06. The number of hydrogen-bond acceptors (Lipinski definition) is 2. The van der Waals surface area contributed by atoms with Gasteiger partial charge in [-0.05, 0) is 0 Å². The summed E-state index contributed by atoms with van der Waals surface area (Å²) in [6.07, 6.45) is 0. The third-order valence-corrected chi connectivity index (χ3v) is 1.15. The van der Waals surface area contributed by atoms with Crippen molar-refractivity contribution in [3.63, 3.8) is 0 Å². The maximum atomic E-state index is 12.2. The second kappa shape index (κ2) is 1.98. The van der Waals surface area contributed by atoms with Crippen molar-refractivity contribution in [3.8, 4) is 0 Å². The Hall–Kier alpha value is -0.580. The highest BCUT2D eigenvalue weighted by Gasteiger charge is 2.38. The lowest BCUT2D eigenvalue weighted by atomic mass is 10.5. The van der Waals surface area contributed by atoms with E-state index in [0.29, 0.717) is 13.1 Å². The van der Waals surface area contributed by atoms with Gasteiger partial charge < -0.3 is 0 Å². The molecule has 0 aromatic heterocycles. The summed E-state index contributed by atoms with van der Waals surface area (Å²) in [6, 6.07) is -2.76. The first-order chi connectivity index (χ1) is 4.11. The summed E-state index contributed by atoms with van der Waals surface area (Å²) in [5.41, 5.74) is 0. The predicted octanol–water partition coefficient (Wildman–Crippen LogP) is -0.135. The molecule has 1 rings (SSSR count). The molecule has 0 aromatic rings. The maximum absolute atomic E-state index is 12.2. The average Bonchev–Trinajstić information content (AvgIpc) is 2.08. The molecule has 1 aliphatic heterocycles. The smallest absolute Gasteiger partial charge is 0.146 e. The SMILES string of the molecule is CC(F)(F)[NH+]1CCN=N1. The Kier molecular flexibility index (Phi) is 1.44. The van der Waals surface area contributed by atoms with Gasteiger partial charge in [0, 0.05) is 5.22 Å². The van der Waals surface area contributed by atoms with Crippen molar-refractivity contribution in [2.75, 3.05) is 13.1 Å². The minimum atomic E-state index is -2.76. The first-order valence-corrected chi connectivity index (χ1v) is 2.72. The van der Waals surface area contributed by atoms with Crippen LogP contribution in [0.2, 0.25) is 0 Å². The van der Waals surface area contributed by atoms with Crippen LogP contribution in [0.1, 0.15) is 6.92 Å².